The molecule has 3 rings (SSSR count). The van der Waals surface area contributed by atoms with Gasteiger partial charge in [-0.3, -0.25) is 14.5 Å². The Morgan fingerprint density at radius 2 is 1.90 bits per heavy atom. The molecule has 0 aliphatic carbocycles. The maximum atomic E-state index is 12.1. The molecule has 0 unspecified atom stereocenters. The number of amides is 1. The lowest BCUT2D eigenvalue weighted by Crippen LogP contribution is -2.39. The van der Waals surface area contributed by atoms with Crippen molar-refractivity contribution < 1.29 is 14.3 Å². The lowest BCUT2D eigenvalue weighted by atomic mass is 10.1. The normalized spacial score (nSPS) is 19.2. The van der Waals surface area contributed by atoms with Crippen LogP contribution in [0.2, 0.25) is 5.02 Å². The Morgan fingerprint density at radius 1 is 1.14 bits per heavy atom. The number of carbonyl (C=O) groups is 2. The first-order valence-electron chi connectivity index (χ1n) is 7.12. The molecule has 0 atom stereocenters. The monoisotopic (exact) mass is 308 g/mol. The Kier molecular flexibility index (Phi) is 4.24. The number of hydrogen-bond donors (Lipinski definition) is 0. The van der Waals surface area contributed by atoms with E-state index < -0.39 is 11.7 Å². The van der Waals surface area contributed by atoms with Gasteiger partial charge in [-0.05, 0) is 24.6 Å². The fourth-order valence-corrected chi connectivity index (χ4v) is 2.94. The highest BCUT2D eigenvalue weighted by molar-refractivity contribution is 6.52. The SMILES string of the molecule is O=C1C(=O)N(CCCN2CCOCC2)c2ccc(Cl)cc21. The minimum Gasteiger partial charge on any atom is -0.379 e. The maximum absolute atomic E-state index is 12.1. The molecule has 112 valence electrons. The van der Waals surface area contributed by atoms with E-state index in [4.69, 9.17) is 16.3 Å². The second kappa shape index (κ2) is 6.13. The maximum Gasteiger partial charge on any atom is 0.299 e. The highest BCUT2D eigenvalue weighted by atomic mass is 35.5. The third-order valence-electron chi connectivity index (χ3n) is 3.89. The van der Waals surface area contributed by atoms with Crippen LogP contribution in [0.4, 0.5) is 5.69 Å². The van der Waals surface area contributed by atoms with Crippen LogP contribution >= 0.6 is 11.6 Å². The molecule has 2 heterocycles. The number of ether oxygens (including phenoxy) is 1. The van der Waals surface area contributed by atoms with Gasteiger partial charge in [0.2, 0.25) is 0 Å². The van der Waals surface area contributed by atoms with E-state index in [0.717, 1.165) is 39.3 Å². The van der Waals surface area contributed by atoms with Gasteiger partial charge in [-0.15, -0.1) is 0 Å². The Labute approximate surface area is 128 Å². The van der Waals surface area contributed by atoms with Crippen LogP contribution in [-0.4, -0.2) is 56.0 Å². The van der Waals surface area contributed by atoms with Gasteiger partial charge in [-0.1, -0.05) is 11.6 Å². The zero-order valence-electron chi connectivity index (χ0n) is 11.7. The van der Waals surface area contributed by atoms with Crippen LogP contribution < -0.4 is 4.90 Å². The van der Waals surface area contributed by atoms with Crippen molar-refractivity contribution in [2.75, 3.05) is 44.3 Å². The summed E-state index contributed by atoms with van der Waals surface area (Å²) < 4.78 is 5.30. The lowest BCUT2D eigenvalue weighted by Gasteiger charge is -2.27. The van der Waals surface area contributed by atoms with Gasteiger partial charge in [-0.25, -0.2) is 0 Å². The number of rotatable bonds is 4. The largest absolute Gasteiger partial charge is 0.379 e. The zero-order chi connectivity index (χ0) is 14.8. The van der Waals surface area contributed by atoms with Crippen LogP contribution in [0, 0.1) is 0 Å². The highest BCUT2D eigenvalue weighted by Crippen LogP contribution is 2.31. The second-order valence-corrected chi connectivity index (χ2v) is 5.69. The molecule has 0 bridgehead atoms. The minimum absolute atomic E-state index is 0.416. The topological polar surface area (TPSA) is 49.9 Å². The van der Waals surface area contributed by atoms with Gasteiger partial charge < -0.3 is 9.64 Å². The predicted octanol–water partition coefficient (Wildman–Crippen LogP) is 1.59. The molecule has 5 nitrogen and oxygen atoms in total. The number of carbonyl (C=O) groups excluding carboxylic acids is 2. The van der Waals surface area contributed by atoms with Crippen molar-refractivity contribution in [1.82, 2.24) is 4.90 Å². The molecule has 0 radical (unpaired) electrons. The Hall–Kier alpha value is -1.43. The molecule has 1 aromatic rings. The van der Waals surface area contributed by atoms with Crippen molar-refractivity contribution in [3.63, 3.8) is 0 Å². The number of benzene rings is 1. The van der Waals surface area contributed by atoms with Gasteiger partial charge in [0, 0.05) is 31.2 Å². The van der Waals surface area contributed by atoms with Crippen LogP contribution in [0.3, 0.4) is 0 Å². The summed E-state index contributed by atoms with van der Waals surface area (Å²) in [6, 6.07) is 5.02. The number of morpholine rings is 1. The molecule has 1 amide bonds. The Bertz CT molecular complexity index is 570. The molecular formula is C15H17ClN2O3. The summed E-state index contributed by atoms with van der Waals surface area (Å²) in [5, 5.41) is 0.477. The summed E-state index contributed by atoms with van der Waals surface area (Å²) in [7, 11) is 0. The highest BCUT2D eigenvalue weighted by Gasteiger charge is 2.35. The predicted molar refractivity (Wildman–Crippen MR) is 80.0 cm³/mol. The molecule has 21 heavy (non-hydrogen) atoms. The first-order valence-corrected chi connectivity index (χ1v) is 7.50. The molecule has 0 N–H and O–H groups in total. The van der Waals surface area contributed by atoms with Crippen LogP contribution in [-0.2, 0) is 9.53 Å². The summed E-state index contributed by atoms with van der Waals surface area (Å²) in [4.78, 5) is 27.9. The van der Waals surface area contributed by atoms with Crippen molar-refractivity contribution in [3.05, 3.63) is 28.8 Å². The van der Waals surface area contributed by atoms with E-state index in [0.29, 0.717) is 22.8 Å². The number of anilines is 1. The molecule has 2 aliphatic rings. The lowest BCUT2D eigenvalue weighted by molar-refractivity contribution is -0.114. The van der Waals surface area contributed by atoms with Gasteiger partial charge in [-0.2, -0.15) is 0 Å². The zero-order valence-corrected chi connectivity index (χ0v) is 12.4. The quantitative estimate of drug-likeness (QED) is 0.793. The van der Waals surface area contributed by atoms with E-state index in [1.54, 1.807) is 23.1 Å². The summed E-state index contributed by atoms with van der Waals surface area (Å²) in [6.07, 6.45) is 0.834. The van der Waals surface area contributed by atoms with Gasteiger partial charge in [0.25, 0.3) is 11.7 Å². The van der Waals surface area contributed by atoms with Crippen LogP contribution in [0.15, 0.2) is 18.2 Å². The van der Waals surface area contributed by atoms with Crippen molar-refractivity contribution in [2.45, 2.75) is 6.42 Å². The smallest absolute Gasteiger partial charge is 0.299 e. The van der Waals surface area contributed by atoms with E-state index in [2.05, 4.69) is 4.90 Å². The van der Waals surface area contributed by atoms with Crippen LogP contribution in [0.25, 0.3) is 0 Å². The number of nitrogens with zero attached hydrogens (tertiary/aromatic N) is 2. The van der Waals surface area contributed by atoms with Gasteiger partial charge in [0.15, 0.2) is 0 Å². The van der Waals surface area contributed by atoms with E-state index in [9.17, 15) is 9.59 Å². The van der Waals surface area contributed by atoms with Gasteiger partial charge in [0.05, 0.1) is 24.5 Å². The fourth-order valence-electron chi connectivity index (χ4n) is 2.77. The Balaban J connectivity index is 1.63. The van der Waals surface area contributed by atoms with E-state index in [-0.39, 0.29) is 0 Å². The first-order chi connectivity index (χ1) is 10.2. The molecule has 1 saturated heterocycles. The van der Waals surface area contributed by atoms with E-state index >= 15 is 0 Å². The summed E-state index contributed by atoms with van der Waals surface area (Å²) in [5.41, 5.74) is 1.09. The Morgan fingerprint density at radius 3 is 2.67 bits per heavy atom. The first kappa shape index (κ1) is 14.5. The third kappa shape index (κ3) is 2.95. The number of Topliss-reactive ketones (excluding diaryl/α,β-unsaturated/α-hetero) is 1. The molecule has 1 aromatic carbocycles. The summed E-state index contributed by atoms with van der Waals surface area (Å²) in [6.45, 7) is 4.85. The molecule has 0 aromatic heterocycles. The molecule has 1 fully saturated rings. The molecule has 2 aliphatic heterocycles. The van der Waals surface area contributed by atoms with Crippen molar-refractivity contribution in [3.8, 4) is 0 Å². The van der Waals surface area contributed by atoms with Crippen LogP contribution in [0.1, 0.15) is 16.8 Å². The fraction of sp³-hybridized carbons (Fsp3) is 0.467. The van der Waals surface area contributed by atoms with Crippen LogP contribution in [0.5, 0.6) is 0 Å². The number of ketones is 1. The third-order valence-corrected chi connectivity index (χ3v) is 4.13. The van der Waals surface area contributed by atoms with Gasteiger partial charge >= 0.3 is 0 Å². The van der Waals surface area contributed by atoms with Crippen molar-refractivity contribution >= 4 is 29.0 Å². The number of halogens is 1. The summed E-state index contributed by atoms with van der Waals surface area (Å²) in [5.74, 6) is -0.909. The number of hydrogen-bond acceptors (Lipinski definition) is 4. The van der Waals surface area contributed by atoms with Gasteiger partial charge in [0.1, 0.15) is 0 Å². The average molecular weight is 309 g/mol. The average Bonchev–Trinajstić information content (AvgIpc) is 2.73. The molecule has 0 saturated carbocycles. The molecule has 6 heteroatoms. The summed E-state index contributed by atoms with van der Waals surface area (Å²) >= 11 is 5.89. The van der Waals surface area contributed by atoms with E-state index in [1.807, 2.05) is 0 Å². The second-order valence-electron chi connectivity index (χ2n) is 5.25. The minimum atomic E-state index is -0.459. The molecule has 0 spiro atoms. The van der Waals surface area contributed by atoms with E-state index in [1.165, 1.54) is 0 Å². The number of fused-ring (bicyclic) bond motifs is 1. The van der Waals surface area contributed by atoms with Crippen molar-refractivity contribution in [1.29, 1.82) is 0 Å². The standard InChI is InChI=1S/C15H17ClN2O3/c16-11-2-3-13-12(10-11)14(19)15(20)18(13)5-1-4-17-6-8-21-9-7-17/h2-3,10H,1,4-9H2. The van der Waals surface area contributed by atoms with Crippen molar-refractivity contribution in [2.24, 2.45) is 0 Å². The molecular weight excluding hydrogens is 292 g/mol.